The predicted octanol–water partition coefficient (Wildman–Crippen LogP) is 15.6. The second-order valence-corrected chi connectivity index (χ2v) is 16.8. The molecule has 0 saturated heterocycles. The molecule has 0 atom stereocenters. The van der Waals surface area contributed by atoms with E-state index in [9.17, 15) is 0 Å². The van der Waals surface area contributed by atoms with Crippen LogP contribution in [0.5, 0.6) is 0 Å². The van der Waals surface area contributed by atoms with Gasteiger partial charge in [0.15, 0.2) is 17.5 Å². The quantitative estimate of drug-likeness (QED) is 0.161. The van der Waals surface area contributed by atoms with E-state index in [-0.39, 0.29) is 0 Å². The third kappa shape index (κ3) is 6.72. The minimum absolute atomic E-state index is 0.611. The maximum absolute atomic E-state index is 5.50. The molecule has 0 aliphatic rings. The van der Waals surface area contributed by atoms with Crippen molar-refractivity contribution in [1.82, 2.24) is 19.9 Å². The van der Waals surface area contributed by atoms with Gasteiger partial charge in [-0.1, -0.05) is 200 Å². The van der Waals surface area contributed by atoms with Crippen LogP contribution in [0.1, 0.15) is 0 Å². The van der Waals surface area contributed by atoms with Crippen molar-refractivity contribution in [2.24, 2.45) is 0 Å². The topological polar surface area (TPSA) is 51.6 Å². The maximum Gasteiger partial charge on any atom is 0.164 e. The summed E-state index contributed by atoms with van der Waals surface area (Å²) in [6, 6.07) is 76.8. The van der Waals surface area contributed by atoms with Gasteiger partial charge < -0.3 is 0 Å². The molecule has 3 aromatic heterocycles. The summed E-state index contributed by atoms with van der Waals surface area (Å²) in [6.45, 7) is 0. The molecule has 0 N–H and O–H groups in total. The molecule has 12 rings (SSSR count). The minimum atomic E-state index is 0.611. The van der Waals surface area contributed by atoms with Crippen molar-refractivity contribution in [2.45, 2.75) is 0 Å². The van der Waals surface area contributed by atoms with Crippen LogP contribution in [-0.4, -0.2) is 19.9 Å². The Hall–Kier alpha value is -8.12. The summed E-state index contributed by atoms with van der Waals surface area (Å²) in [5, 5.41) is 6.06. The largest absolute Gasteiger partial charge is 0.246 e. The van der Waals surface area contributed by atoms with E-state index in [4.69, 9.17) is 19.9 Å². The zero-order valence-corrected chi connectivity index (χ0v) is 34.8. The molecule has 12 aromatic rings. The normalized spacial score (nSPS) is 11.5. The molecule has 0 aliphatic heterocycles. The fourth-order valence-corrected chi connectivity index (χ4v) is 9.99. The molecular weight excluding hydrogens is 785 g/mol. The zero-order chi connectivity index (χ0) is 41.7. The highest BCUT2D eigenvalue weighted by Crippen LogP contribution is 2.45. The summed E-state index contributed by atoms with van der Waals surface area (Å²) in [7, 11) is 0. The van der Waals surface area contributed by atoms with E-state index < -0.39 is 0 Å². The fourth-order valence-electron chi connectivity index (χ4n) is 8.77. The molecule has 294 valence electrons. The first-order valence-corrected chi connectivity index (χ1v) is 21.9. The van der Waals surface area contributed by atoms with E-state index >= 15 is 0 Å². The smallest absolute Gasteiger partial charge is 0.164 e. The van der Waals surface area contributed by atoms with E-state index in [1.54, 1.807) is 0 Å². The van der Waals surface area contributed by atoms with Crippen LogP contribution in [0.25, 0.3) is 121 Å². The van der Waals surface area contributed by atoms with Gasteiger partial charge >= 0.3 is 0 Å². The molecule has 0 spiro atoms. The molecule has 0 bridgehead atoms. The first kappa shape index (κ1) is 36.7. The standard InChI is InChI=1S/C58H36N4S/c1-3-13-37(14-4-1)39-25-29-42(30-26-39)56-60-57(43-31-27-40(28-32-43)38-15-5-2-6-16-38)62-58(61-56)46-20-11-19-44(35-46)45-33-34-49-51(36-45)59-54(48-23-12-18-41-17-7-8-21-47(41)48)55-53(49)50-22-9-10-24-52(50)63-55/h1-36H. The monoisotopic (exact) mass is 820 g/mol. The van der Waals surface area contributed by atoms with Gasteiger partial charge in [0.25, 0.3) is 0 Å². The molecule has 0 unspecified atom stereocenters. The number of fused-ring (bicyclic) bond motifs is 6. The number of hydrogen-bond acceptors (Lipinski definition) is 5. The number of thiophene rings is 1. The summed E-state index contributed by atoms with van der Waals surface area (Å²) in [6.07, 6.45) is 0. The number of pyridine rings is 1. The van der Waals surface area contributed by atoms with Gasteiger partial charge in [-0.25, -0.2) is 19.9 Å². The van der Waals surface area contributed by atoms with Crippen molar-refractivity contribution in [3.63, 3.8) is 0 Å². The van der Waals surface area contributed by atoms with Crippen LogP contribution in [0.4, 0.5) is 0 Å². The number of rotatable bonds is 7. The Balaban J connectivity index is 0.984. The van der Waals surface area contributed by atoms with Crippen LogP contribution in [0.2, 0.25) is 0 Å². The highest BCUT2D eigenvalue weighted by Gasteiger charge is 2.19. The molecule has 3 heterocycles. The molecule has 0 amide bonds. The lowest BCUT2D eigenvalue weighted by molar-refractivity contribution is 1.07. The van der Waals surface area contributed by atoms with Crippen molar-refractivity contribution in [3.05, 3.63) is 218 Å². The van der Waals surface area contributed by atoms with Gasteiger partial charge in [0, 0.05) is 43.1 Å². The van der Waals surface area contributed by atoms with E-state index in [0.717, 1.165) is 72.2 Å². The molecule has 0 radical (unpaired) electrons. The van der Waals surface area contributed by atoms with E-state index in [1.807, 2.05) is 23.5 Å². The lowest BCUT2D eigenvalue weighted by atomic mass is 9.97. The van der Waals surface area contributed by atoms with Crippen molar-refractivity contribution in [1.29, 1.82) is 0 Å². The van der Waals surface area contributed by atoms with Gasteiger partial charge in [-0.2, -0.15) is 0 Å². The van der Waals surface area contributed by atoms with Gasteiger partial charge in [-0.15, -0.1) is 11.3 Å². The lowest BCUT2D eigenvalue weighted by Crippen LogP contribution is -2.00. The lowest BCUT2D eigenvalue weighted by Gasteiger charge is -2.12. The van der Waals surface area contributed by atoms with E-state index in [2.05, 4.69) is 206 Å². The molecule has 4 nitrogen and oxygen atoms in total. The Kier molecular flexibility index (Phi) is 8.98. The third-order valence-electron chi connectivity index (χ3n) is 11.9. The maximum atomic E-state index is 5.50. The van der Waals surface area contributed by atoms with Crippen molar-refractivity contribution in [2.75, 3.05) is 0 Å². The zero-order valence-electron chi connectivity index (χ0n) is 34.0. The van der Waals surface area contributed by atoms with Gasteiger partial charge in [-0.05, 0) is 62.4 Å². The summed E-state index contributed by atoms with van der Waals surface area (Å²) >= 11 is 1.82. The molecule has 0 saturated carbocycles. The van der Waals surface area contributed by atoms with Crippen LogP contribution in [0, 0.1) is 0 Å². The molecule has 0 fully saturated rings. The van der Waals surface area contributed by atoms with Crippen molar-refractivity contribution >= 4 is 53.2 Å². The van der Waals surface area contributed by atoms with Crippen LogP contribution >= 0.6 is 11.3 Å². The predicted molar refractivity (Wildman–Crippen MR) is 264 cm³/mol. The molecule has 9 aromatic carbocycles. The number of benzene rings is 9. The van der Waals surface area contributed by atoms with E-state index in [1.165, 1.54) is 30.9 Å². The second kappa shape index (κ2) is 15.4. The summed E-state index contributed by atoms with van der Waals surface area (Å²) < 4.78 is 2.47. The molecule has 0 aliphatic carbocycles. The van der Waals surface area contributed by atoms with Crippen LogP contribution < -0.4 is 0 Å². The average Bonchev–Trinajstić information content (AvgIpc) is 3.76. The SMILES string of the molecule is c1ccc(-c2ccc(-c3nc(-c4ccc(-c5ccccc5)cc4)nc(-c4cccc(-c5ccc6c(c5)nc(-c5cccc7ccccc57)c5sc7ccccc7c56)c4)n3)cc2)cc1. The highest BCUT2D eigenvalue weighted by molar-refractivity contribution is 7.26. The number of nitrogens with zero attached hydrogens (tertiary/aromatic N) is 4. The second-order valence-electron chi connectivity index (χ2n) is 15.8. The minimum Gasteiger partial charge on any atom is -0.246 e. The Labute approximate surface area is 368 Å². The molecule has 63 heavy (non-hydrogen) atoms. The third-order valence-corrected chi connectivity index (χ3v) is 13.1. The molecular formula is C58H36N4S. The number of aromatic nitrogens is 4. The number of hydrogen-bond donors (Lipinski definition) is 0. The van der Waals surface area contributed by atoms with Crippen LogP contribution in [0.15, 0.2) is 218 Å². The van der Waals surface area contributed by atoms with Gasteiger partial charge in [0.05, 0.1) is 15.9 Å². The van der Waals surface area contributed by atoms with Gasteiger partial charge in [-0.3, -0.25) is 0 Å². The van der Waals surface area contributed by atoms with Gasteiger partial charge in [0.2, 0.25) is 0 Å². The Morgan fingerprint density at radius 2 is 0.778 bits per heavy atom. The average molecular weight is 821 g/mol. The Morgan fingerprint density at radius 3 is 1.46 bits per heavy atom. The first-order chi connectivity index (χ1) is 31.2. The Bertz CT molecular complexity index is 3550. The van der Waals surface area contributed by atoms with Crippen molar-refractivity contribution < 1.29 is 0 Å². The van der Waals surface area contributed by atoms with E-state index in [0.29, 0.717) is 17.5 Å². The summed E-state index contributed by atoms with van der Waals surface area (Å²) in [4.78, 5) is 20.9. The van der Waals surface area contributed by atoms with Crippen LogP contribution in [0.3, 0.4) is 0 Å². The van der Waals surface area contributed by atoms with Crippen molar-refractivity contribution in [3.8, 4) is 78.8 Å². The Morgan fingerprint density at radius 1 is 0.302 bits per heavy atom. The van der Waals surface area contributed by atoms with Crippen LogP contribution in [-0.2, 0) is 0 Å². The summed E-state index contributed by atoms with van der Waals surface area (Å²) in [5.41, 5.74) is 12.6. The molecule has 5 heteroatoms. The highest BCUT2D eigenvalue weighted by atomic mass is 32.1. The summed E-state index contributed by atoms with van der Waals surface area (Å²) in [5.74, 6) is 1.85. The van der Waals surface area contributed by atoms with Gasteiger partial charge in [0.1, 0.15) is 0 Å². The fraction of sp³-hybridized carbons (Fsp3) is 0. The first-order valence-electron chi connectivity index (χ1n) is 21.1.